The maximum atomic E-state index is 11.7. The lowest BCUT2D eigenvalue weighted by atomic mass is 10.2. The number of unbranched alkanes of at least 4 members (excludes halogenated alkanes) is 3. The minimum absolute atomic E-state index is 0.0550. The van der Waals surface area contributed by atoms with Crippen molar-refractivity contribution in [1.29, 1.82) is 0 Å². The summed E-state index contributed by atoms with van der Waals surface area (Å²) in [4.78, 5) is 15.7. The summed E-state index contributed by atoms with van der Waals surface area (Å²) in [5.74, 6) is 0.859. The van der Waals surface area contributed by atoms with Crippen LogP contribution in [0.5, 0.6) is 5.75 Å². The van der Waals surface area contributed by atoms with E-state index in [1.807, 2.05) is 42.9 Å². The molecule has 2 rings (SSSR count). The number of benzene rings is 1. The summed E-state index contributed by atoms with van der Waals surface area (Å²) in [6, 6.07) is 9.56. The summed E-state index contributed by atoms with van der Waals surface area (Å²) in [7, 11) is 0. The lowest BCUT2D eigenvalue weighted by Crippen LogP contribution is -2.25. The van der Waals surface area contributed by atoms with Crippen LogP contribution in [0.2, 0.25) is 0 Å². The van der Waals surface area contributed by atoms with Gasteiger partial charge in [0.1, 0.15) is 5.75 Å². The number of aryl methyl sites for hydroxylation is 1. The van der Waals surface area contributed by atoms with Crippen LogP contribution in [0, 0.1) is 0 Å². The number of aromatic nitrogens is 2. The molecule has 0 bridgehead atoms. The van der Waals surface area contributed by atoms with Crippen molar-refractivity contribution in [2.45, 2.75) is 38.6 Å². The Morgan fingerprint density at radius 3 is 2.74 bits per heavy atom. The molecule has 0 spiro atoms. The van der Waals surface area contributed by atoms with Crippen LogP contribution in [-0.4, -0.2) is 28.6 Å². The third-order valence-electron chi connectivity index (χ3n) is 3.57. The van der Waals surface area contributed by atoms with E-state index in [9.17, 15) is 4.79 Å². The summed E-state index contributed by atoms with van der Waals surface area (Å²) in [6.07, 6.45) is 10.5. The Bertz CT molecular complexity index is 541. The first-order valence-electron chi connectivity index (χ1n) is 8.25. The standard InChI is InChI=1S/C18H25N3O2/c22-18(10-15-23-17-8-4-3-5-9-17)20-11-6-1-2-7-13-21-14-12-19-16-21/h3-5,8-9,12,14,16H,1-2,6-7,10-11,13,15H2,(H,20,22). The molecule has 1 aromatic heterocycles. The maximum absolute atomic E-state index is 11.7. The number of carbonyl (C=O) groups excluding carboxylic acids is 1. The van der Waals surface area contributed by atoms with Crippen LogP contribution in [0.25, 0.3) is 0 Å². The van der Waals surface area contributed by atoms with Crippen LogP contribution < -0.4 is 10.1 Å². The maximum Gasteiger partial charge on any atom is 0.223 e. The lowest BCUT2D eigenvalue weighted by Gasteiger charge is -2.07. The smallest absolute Gasteiger partial charge is 0.223 e. The predicted molar refractivity (Wildman–Crippen MR) is 90.3 cm³/mol. The molecule has 0 aliphatic heterocycles. The van der Waals surface area contributed by atoms with Gasteiger partial charge in [0, 0.05) is 25.5 Å². The predicted octanol–water partition coefficient (Wildman–Crippen LogP) is 3.03. The van der Waals surface area contributed by atoms with Crippen molar-refractivity contribution in [3.8, 4) is 5.75 Å². The molecule has 1 amide bonds. The number of carbonyl (C=O) groups is 1. The fourth-order valence-electron chi connectivity index (χ4n) is 2.29. The van der Waals surface area contributed by atoms with Crippen LogP contribution in [0.3, 0.4) is 0 Å². The summed E-state index contributed by atoms with van der Waals surface area (Å²) < 4.78 is 7.59. The number of hydrogen-bond donors (Lipinski definition) is 1. The van der Waals surface area contributed by atoms with Gasteiger partial charge in [0.05, 0.1) is 19.4 Å². The molecule has 0 radical (unpaired) electrons. The van der Waals surface area contributed by atoms with Crippen LogP contribution in [0.1, 0.15) is 32.1 Å². The Kier molecular flexibility index (Phi) is 7.74. The number of imidazole rings is 1. The summed E-state index contributed by atoms with van der Waals surface area (Å²) in [5.41, 5.74) is 0. The van der Waals surface area contributed by atoms with Crippen LogP contribution in [-0.2, 0) is 11.3 Å². The van der Waals surface area contributed by atoms with Gasteiger partial charge in [-0.2, -0.15) is 0 Å². The molecule has 0 aliphatic carbocycles. The van der Waals surface area contributed by atoms with Gasteiger partial charge in [-0.25, -0.2) is 4.98 Å². The van der Waals surface area contributed by atoms with Crippen molar-refractivity contribution >= 4 is 5.91 Å². The second-order valence-corrected chi connectivity index (χ2v) is 5.48. The minimum Gasteiger partial charge on any atom is -0.493 e. The molecule has 23 heavy (non-hydrogen) atoms. The van der Waals surface area contributed by atoms with E-state index in [1.54, 1.807) is 6.20 Å². The average molecular weight is 315 g/mol. The molecule has 1 N–H and O–H groups in total. The van der Waals surface area contributed by atoms with E-state index in [-0.39, 0.29) is 5.91 Å². The number of nitrogens with one attached hydrogen (secondary N) is 1. The second-order valence-electron chi connectivity index (χ2n) is 5.48. The third-order valence-corrected chi connectivity index (χ3v) is 3.57. The molecule has 1 heterocycles. The highest BCUT2D eigenvalue weighted by molar-refractivity contribution is 5.75. The summed E-state index contributed by atoms with van der Waals surface area (Å²) >= 11 is 0. The van der Waals surface area contributed by atoms with E-state index in [0.29, 0.717) is 13.0 Å². The normalized spacial score (nSPS) is 10.4. The minimum atomic E-state index is 0.0550. The molecule has 0 saturated heterocycles. The number of para-hydroxylation sites is 1. The number of amides is 1. The van der Waals surface area contributed by atoms with Crippen molar-refractivity contribution in [2.24, 2.45) is 0 Å². The van der Waals surface area contributed by atoms with E-state index in [2.05, 4.69) is 14.9 Å². The first-order valence-corrected chi connectivity index (χ1v) is 8.25. The molecule has 2 aromatic rings. The Hall–Kier alpha value is -2.30. The average Bonchev–Trinajstić information content (AvgIpc) is 3.08. The highest BCUT2D eigenvalue weighted by Gasteiger charge is 2.01. The van der Waals surface area contributed by atoms with Crippen molar-refractivity contribution in [2.75, 3.05) is 13.2 Å². The van der Waals surface area contributed by atoms with E-state index in [1.165, 1.54) is 6.42 Å². The van der Waals surface area contributed by atoms with Gasteiger partial charge in [0.15, 0.2) is 0 Å². The fourth-order valence-corrected chi connectivity index (χ4v) is 2.29. The van der Waals surface area contributed by atoms with Gasteiger partial charge in [0.2, 0.25) is 5.91 Å². The van der Waals surface area contributed by atoms with E-state index in [0.717, 1.165) is 38.1 Å². The molecule has 0 saturated carbocycles. The quantitative estimate of drug-likeness (QED) is 0.649. The second kappa shape index (κ2) is 10.4. The van der Waals surface area contributed by atoms with Gasteiger partial charge >= 0.3 is 0 Å². The van der Waals surface area contributed by atoms with Gasteiger partial charge in [0.25, 0.3) is 0 Å². The topological polar surface area (TPSA) is 56.1 Å². The Morgan fingerprint density at radius 1 is 1.13 bits per heavy atom. The molecular formula is C18H25N3O2. The number of ether oxygens (including phenoxy) is 1. The lowest BCUT2D eigenvalue weighted by molar-refractivity contribution is -0.121. The van der Waals surface area contributed by atoms with E-state index < -0.39 is 0 Å². The summed E-state index contributed by atoms with van der Waals surface area (Å²) in [5, 5.41) is 2.94. The van der Waals surface area contributed by atoms with Gasteiger partial charge in [-0.15, -0.1) is 0 Å². The molecule has 1 aromatic carbocycles. The van der Waals surface area contributed by atoms with Crippen molar-refractivity contribution in [3.05, 3.63) is 49.1 Å². The zero-order valence-electron chi connectivity index (χ0n) is 13.5. The molecule has 5 nitrogen and oxygen atoms in total. The largest absolute Gasteiger partial charge is 0.493 e. The molecule has 0 fully saturated rings. The third kappa shape index (κ3) is 7.49. The Labute approximate surface area is 137 Å². The first-order chi connectivity index (χ1) is 11.3. The monoisotopic (exact) mass is 315 g/mol. The molecule has 0 unspecified atom stereocenters. The molecule has 0 atom stereocenters. The van der Waals surface area contributed by atoms with E-state index in [4.69, 9.17) is 4.74 Å². The highest BCUT2D eigenvalue weighted by Crippen LogP contribution is 2.08. The zero-order valence-corrected chi connectivity index (χ0v) is 13.5. The van der Waals surface area contributed by atoms with Crippen LogP contribution in [0.15, 0.2) is 49.1 Å². The number of hydrogen-bond acceptors (Lipinski definition) is 3. The van der Waals surface area contributed by atoms with Gasteiger partial charge in [-0.3, -0.25) is 4.79 Å². The fraction of sp³-hybridized carbons (Fsp3) is 0.444. The van der Waals surface area contributed by atoms with Crippen LogP contribution in [0.4, 0.5) is 0 Å². The SMILES string of the molecule is O=C(CCOc1ccccc1)NCCCCCCn1ccnc1. The number of rotatable bonds is 11. The molecule has 124 valence electrons. The Morgan fingerprint density at radius 2 is 1.96 bits per heavy atom. The first kappa shape index (κ1) is 17.1. The molecular weight excluding hydrogens is 290 g/mol. The number of nitrogens with zero attached hydrogens (tertiary/aromatic N) is 2. The zero-order chi connectivity index (χ0) is 16.2. The van der Waals surface area contributed by atoms with Gasteiger partial charge < -0.3 is 14.6 Å². The van der Waals surface area contributed by atoms with Crippen LogP contribution >= 0.6 is 0 Å². The van der Waals surface area contributed by atoms with Crippen molar-refractivity contribution < 1.29 is 9.53 Å². The highest BCUT2D eigenvalue weighted by atomic mass is 16.5. The summed E-state index contributed by atoms with van der Waals surface area (Å²) in [6.45, 7) is 2.18. The van der Waals surface area contributed by atoms with E-state index >= 15 is 0 Å². The molecule has 0 aliphatic rings. The van der Waals surface area contributed by atoms with Gasteiger partial charge in [-0.05, 0) is 25.0 Å². The van der Waals surface area contributed by atoms with Crippen molar-refractivity contribution in [3.63, 3.8) is 0 Å². The van der Waals surface area contributed by atoms with Crippen molar-refractivity contribution in [1.82, 2.24) is 14.9 Å². The Balaban J connectivity index is 1.41. The van der Waals surface area contributed by atoms with Gasteiger partial charge in [-0.1, -0.05) is 31.0 Å². The molecule has 5 heteroatoms.